The lowest BCUT2D eigenvalue weighted by atomic mass is 9.77. The molecule has 24 heavy (non-hydrogen) atoms. The van der Waals surface area contributed by atoms with E-state index in [4.69, 9.17) is 4.74 Å². The van der Waals surface area contributed by atoms with E-state index in [0.29, 0.717) is 19.4 Å². The predicted octanol–water partition coefficient (Wildman–Crippen LogP) is 5.59. The highest BCUT2D eigenvalue weighted by atomic mass is 16.5. The third kappa shape index (κ3) is 9.94. The lowest BCUT2D eigenvalue weighted by Crippen LogP contribution is -2.35. The van der Waals surface area contributed by atoms with Crippen LogP contribution < -0.4 is 0 Å². The highest BCUT2D eigenvalue weighted by Gasteiger charge is 2.40. The maximum atomic E-state index is 12.5. The van der Waals surface area contributed by atoms with Crippen LogP contribution >= 0.6 is 0 Å². The van der Waals surface area contributed by atoms with Gasteiger partial charge in [0.15, 0.2) is 0 Å². The molecule has 4 nitrogen and oxygen atoms in total. The van der Waals surface area contributed by atoms with Gasteiger partial charge in [-0.15, -0.1) is 0 Å². The number of rotatable bonds is 15. The van der Waals surface area contributed by atoms with Crippen LogP contribution in [0.2, 0.25) is 0 Å². The average molecular weight is 343 g/mol. The van der Waals surface area contributed by atoms with Gasteiger partial charge >= 0.3 is 11.9 Å². The number of carbonyl (C=O) groups excluding carboxylic acids is 1. The van der Waals surface area contributed by atoms with Gasteiger partial charge in [-0.1, -0.05) is 79.1 Å². The van der Waals surface area contributed by atoms with Crippen LogP contribution in [0.3, 0.4) is 0 Å². The Morgan fingerprint density at radius 1 is 0.958 bits per heavy atom. The van der Waals surface area contributed by atoms with Gasteiger partial charge in [-0.2, -0.15) is 0 Å². The first-order valence-corrected chi connectivity index (χ1v) is 9.77. The Morgan fingerprint density at radius 2 is 1.50 bits per heavy atom. The number of hydrogen-bond donors (Lipinski definition) is 1. The number of carboxylic acids is 1. The predicted molar refractivity (Wildman–Crippen MR) is 98.0 cm³/mol. The van der Waals surface area contributed by atoms with E-state index in [-0.39, 0.29) is 18.3 Å². The van der Waals surface area contributed by atoms with Crippen molar-refractivity contribution >= 4 is 11.9 Å². The minimum Gasteiger partial charge on any atom is -0.481 e. The molecule has 0 aromatic carbocycles. The number of aliphatic carboxylic acids is 1. The van der Waals surface area contributed by atoms with E-state index in [0.717, 1.165) is 19.3 Å². The first kappa shape index (κ1) is 22.9. The lowest BCUT2D eigenvalue weighted by molar-refractivity contribution is -0.163. The van der Waals surface area contributed by atoms with Gasteiger partial charge in [0.1, 0.15) is 0 Å². The Morgan fingerprint density at radius 3 is 1.96 bits per heavy atom. The van der Waals surface area contributed by atoms with Crippen molar-refractivity contribution in [2.75, 3.05) is 6.61 Å². The molecule has 0 saturated carbocycles. The standard InChI is InChI=1S/C20H38O4/c1-5-7-8-9-10-11-12-13-14-20(6-2,15-18(21)22)19(23)24-16-17(3)4/h17H,5-16H2,1-4H3,(H,21,22). The van der Waals surface area contributed by atoms with E-state index in [2.05, 4.69) is 6.92 Å². The van der Waals surface area contributed by atoms with Crippen LogP contribution in [0.15, 0.2) is 0 Å². The second kappa shape index (κ2) is 13.3. The molecule has 0 bridgehead atoms. The first-order valence-electron chi connectivity index (χ1n) is 9.77. The number of carboxylic acid groups (broad SMARTS) is 1. The van der Waals surface area contributed by atoms with E-state index < -0.39 is 11.4 Å². The fraction of sp³-hybridized carbons (Fsp3) is 0.900. The summed E-state index contributed by atoms with van der Waals surface area (Å²) in [4.78, 5) is 23.7. The largest absolute Gasteiger partial charge is 0.481 e. The van der Waals surface area contributed by atoms with Crippen LogP contribution in [0.5, 0.6) is 0 Å². The van der Waals surface area contributed by atoms with E-state index in [1.165, 1.54) is 32.1 Å². The van der Waals surface area contributed by atoms with Gasteiger partial charge < -0.3 is 9.84 Å². The Labute approximate surface area is 148 Å². The molecule has 0 aliphatic rings. The molecule has 0 fully saturated rings. The summed E-state index contributed by atoms with van der Waals surface area (Å²) in [5, 5.41) is 9.22. The summed E-state index contributed by atoms with van der Waals surface area (Å²) in [5.41, 5.74) is -0.858. The Kier molecular flexibility index (Phi) is 12.7. The minimum absolute atomic E-state index is 0.128. The number of carbonyl (C=O) groups is 2. The first-order chi connectivity index (χ1) is 11.4. The summed E-state index contributed by atoms with van der Waals surface area (Å²) in [5.74, 6) is -0.988. The van der Waals surface area contributed by atoms with Gasteiger partial charge in [0, 0.05) is 0 Å². The number of ether oxygens (including phenoxy) is 1. The van der Waals surface area contributed by atoms with Crippen molar-refractivity contribution in [2.24, 2.45) is 11.3 Å². The quantitative estimate of drug-likeness (QED) is 0.311. The zero-order chi connectivity index (χ0) is 18.4. The Balaban J connectivity index is 4.39. The van der Waals surface area contributed by atoms with Crippen LogP contribution in [0.25, 0.3) is 0 Å². The van der Waals surface area contributed by atoms with Gasteiger partial charge in [-0.25, -0.2) is 0 Å². The zero-order valence-electron chi connectivity index (χ0n) is 16.2. The van der Waals surface area contributed by atoms with E-state index in [1.807, 2.05) is 20.8 Å². The molecule has 1 atom stereocenters. The molecule has 0 spiro atoms. The second-order valence-corrected chi connectivity index (χ2v) is 7.42. The maximum Gasteiger partial charge on any atom is 0.312 e. The lowest BCUT2D eigenvalue weighted by Gasteiger charge is -2.29. The van der Waals surface area contributed by atoms with Crippen molar-refractivity contribution in [1.82, 2.24) is 0 Å². The molecule has 0 heterocycles. The van der Waals surface area contributed by atoms with Crippen molar-refractivity contribution in [3.63, 3.8) is 0 Å². The molecule has 142 valence electrons. The third-order valence-electron chi connectivity index (χ3n) is 4.66. The van der Waals surface area contributed by atoms with Crippen LogP contribution in [-0.4, -0.2) is 23.7 Å². The van der Waals surface area contributed by atoms with E-state index >= 15 is 0 Å². The molecule has 1 unspecified atom stereocenters. The molecule has 0 saturated heterocycles. The smallest absolute Gasteiger partial charge is 0.312 e. The van der Waals surface area contributed by atoms with Crippen molar-refractivity contribution in [3.05, 3.63) is 0 Å². The molecule has 4 heteroatoms. The SMILES string of the molecule is CCCCCCCCCCC(CC)(CC(=O)O)C(=O)OCC(C)C. The van der Waals surface area contributed by atoms with Gasteiger partial charge in [-0.3, -0.25) is 9.59 Å². The minimum atomic E-state index is -0.919. The number of hydrogen-bond acceptors (Lipinski definition) is 3. The summed E-state index contributed by atoms with van der Waals surface area (Å²) in [6.45, 7) is 8.43. The highest BCUT2D eigenvalue weighted by molar-refractivity contribution is 5.82. The summed E-state index contributed by atoms with van der Waals surface area (Å²) < 4.78 is 5.38. The van der Waals surface area contributed by atoms with Crippen molar-refractivity contribution in [1.29, 1.82) is 0 Å². The third-order valence-corrected chi connectivity index (χ3v) is 4.66. The van der Waals surface area contributed by atoms with Gasteiger partial charge in [0.25, 0.3) is 0 Å². The summed E-state index contributed by atoms with van der Waals surface area (Å²) >= 11 is 0. The maximum absolute atomic E-state index is 12.5. The Hall–Kier alpha value is -1.06. The molecule has 0 amide bonds. The number of esters is 1. The summed E-state index contributed by atoms with van der Waals surface area (Å²) in [6, 6.07) is 0. The second-order valence-electron chi connectivity index (χ2n) is 7.42. The summed E-state index contributed by atoms with van der Waals surface area (Å²) in [7, 11) is 0. The van der Waals surface area contributed by atoms with Gasteiger partial charge in [0.05, 0.1) is 18.4 Å². The number of unbranched alkanes of at least 4 members (excludes halogenated alkanes) is 7. The molecule has 0 aromatic rings. The van der Waals surface area contributed by atoms with Crippen molar-refractivity contribution in [3.8, 4) is 0 Å². The molecule has 0 aliphatic heterocycles. The van der Waals surface area contributed by atoms with Crippen LogP contribution in [0, 0.1) is 11.3 Å². The summed E-state index contributed by atoms with van der Waals surface area (Å²) in [6.07, 6.45) is 10.5. The van der Waals surface area contributed by atoms with Crippen LogP contribution in [0.4, 0.5) is 0 Å². The van der Waals surface area contributed by atoms with Crippen LogP contribution in [-0.2, 0) is 14.3 Å². The molecule has 0 radical (unpaired) electrons. The highest BCUT2D eigenvalue weighted by Crippen LogP contribution is 2.35. The fourth-order valence-electron chi connectivity index (χ4n) is 2.99. The molecule has 1 N–H and O–H groups in total. The fourth-order valence-corrected chi connectivity index (χ4v) is 2.99. The average Bonchev–Trinajstić information content (AvgIpc) is 2.53. The van der Waals surface area contributed by atoms with Gasteiger partial charge in [0.2, 0.25) is 0 Å². The van der Waals surface area contributed by atoms with Crippen LogP contribution in [0.1, 0.15) is 98.3 Å². The molecule has 0 aliphatic carbocycles. The molecular formula is C20H38O4. The van der Waals surface area contributed by atoms with Crippen molar-refractivity contribution < 1.29 is 19.4 Å². The molecular weight excluding hydrogens is 304 g/mol. The van der Waals surface area contributed by atoms with Gasteiger partial charge in [-0.05, 0) is 18.8 Å². The zero-order valence-corrected chi connectivity index (χ0v) is 16.2. The van der Waals surface area contributed by atoms with E-state index in [9.17, 15) is 14.7 Å². The van der Waals surface area contributed by atoms with E-state index in [1.54, 1.807) is 0 Å². The molecule has 0 aromatic heterocycles. The normalized spacial score (nSPS) is 13.7. The monoisotopic (exact) mass is 342 g/mol. The topological polar surface area (TPSA) is 63.6 Å². The Bertz CT molecular complexity index is 352. The van der Waals surface area contributed by atoms with Crippen molar-refractivity contribution in [2.45, 2.75) is 98.3 Å². The molecule has 0 rings (SSSR count).